The summed E-state index contributed by atoms with van der Waals surface area (Å²) in [4.78, 5) is 35.6. The van der Waals surface area contributed by atoms with E-state index in [0.717, 1.165) is 47.9 Å². The number of rotatable bonds is 21. The predicted octanol–water partition coefficient (Wildman–Crippen LogP) is 9.42. The zero-order valence-electron chi connectivity index (χ0n) is 37.9. The van der Waals surface area contributed by atoms with Gasteiger partial charge in [0.1, 0.15) is 42.3 Å². The highest BCUT2D eigenvalue weighted by Gasteiger charge is 2.65. The SMILES string of the molecule is C=CCOC12Oc3ccc(OC(=O)Nc4ccc(OC)cc4OC)cc3C3C(CCCCO)C(CCCCO)C=C(C(=NOCc4ccccc4)CC1N(C)C(=O)OCc1ccccc1)C32. The first-order valence-corrected chi connectivity index (χ1v) is 22.6. The number of fused-ring (bicyclic) bond motifs is 2. The number of ether oxygens (including phenoxy) is 6. The van der Waals surface area contributed by atoms with E-state index < -0.39 is 29.9 Å². The van der Waals surface area contributed by atoms with Gasteiger partial charge in [0, 0.05) is 44.2 Å². The minimum Gasteiger partial charge on any atom is -0.497 e. The first-order valence-electron chi connectivity index (χ1n) is 22.6. The summed E-state index contributed by atoms with van der Waals surface area (Å²) >= 11 is 0. The van der Waals surface area contributed by atoms with Crippen LogP contribution in [0, 0.1) is 17.8 Å². The molecule has 6 atom stereocenters. The molecule has 1 saturated carbocycles. The monoisotopic (exact) mass is 903 g/mol. The number of carbonyl (C=O) groups is 2. The molecule has 4 aromatic rings. The van der Waals surface area contributed by atoms with Crippen molar-refractivity contribution in [2.24, 2.45) is 22.9 Å². The topological polar surface area (TPSA) is 167 Å². The molecule has 14 heteroatoms. The Morgan fingerprint density at radius 2 is 1.58 bits per heavy atom. The Labute approximate surface area is 386 Å². The number of aliphatic hydroxyl groups excluding tert-OH is 2. The van der Waals surface area contributed by atoms with Crippen molar-refractivity contribution in [2.45, 2.75) is 75.9 Å². The third-order valence-corrected chi connectivity index (χ3v) is 12.7. The molecule has 6 unspecified atom stereocenters. The lowest BCUT2D eigenvalue weighted by atomic mass is 9.55. The van der Waals surface area contributed by atoms with Gasteiger partial charge < -0.3 is 48.4 Å². The highest BCUT2D eigenvalue weighted by atomic mass is 16.7. The van der Waals surface area contributed by atoms with Gasteiger partial charge in [0.15, 0.2) is 0 Å². The van der Waals surface area contributed by atoms with E-state index in [9.17, 15) is 19.8 Å². The van der Waals surface area contributed by atoms with Crippen molar-refractivity contribution in [3.63, 3.8) is 0 Å². The molecule has 350 valence electrons. The van der Waals surface area contributed by atoms with E-state index in [-0.39, 0.29) is 63.0 Å². The van der Waals surface area contributed by atoms with Crippen molar-refractivity contribution in [2.75, 3.05) is 46.4 Å². The zero-order valence-corrected chi connectivity index (χ0v) is 37.9. The van der Waals surface area contributed by atoms with Crippen LogP contribution in [0.1, 0.15) is 67.6 Å². The maximum absolute atomic E-state index is 14.3. The Kier molecular flexibility index (Phi) is 16.4. The van der Waals surface area contributed by atoms with E-state index in [4.69, 9.17) is 38.4 Å². The molecular weight excluding hydrogens is 843 g/mol. The smallest absolute Gasteiger partial charge is 0.417 e. The minimum atomic E-state index is -1.49. The number of hydrogen-bond acceptors (Lipinski definition) is 12. The van der Waals surface area contributed by atoms with Crippen molar-refractivity contribution < 1.29 is 53.1 Å². The van der Waals surface area contributed by atoms with Gasteiger partial charge in [-0.2, -0.15) is 0 Å². The average Bonchev–Trinajstić information content (AvgIpc) is 3.34. The number of carbonyl (C=O) groups excluding carboxylic acids is 2. The first kappa shape index (κ1) is 47.6. The van der Waals surface area contributed by atoms with Gasteiger partial charge in [-0.1, -0.05) is 90.8 Å². The number of likely N-dealkylation sites (N-methyl/N-ethyl adjacent to an activating group) is 1. The fourth-order valence-corrected chi connectivity index (χ4v) is 9.64. The maximum atomic E-state index is 14.3. The van der Waals surface area contributed by atoms with Gasteiger partial charge in [-0.15, -0.1) is 6.58 Å². The summed E-state index contributed by atoms with van der Waals surface area (Å²) in [6, 6.07) is 28.8. The second-order valence-corrected chi connectivity index (χ2v) is 16.8. The van der Waals surface area contributed by atoms with E-state index in [2.05, 4.69) is 18.0 Å². The highest BCUT2D eigenvalue weighted by Crippen LogP contribution is 2.62. The molecule has 3 aliphatic rings. The first-order chi connectivity index (χ1) is 32.2. The minimum absolute atomic E-state index is 0.00519. The molecule has 14 nitrogen and oxygen atoms in total. The van der Waals surface area contributed by atoms with E-state index in [1.165, 1.54) is 7.11 Å². The summed E-state index contributed by atoms with van der Waals surface area (Å²) in [5, 5.41) is 27.6. The molecule has 66 heavy (non-hydrogen) atoms. The van der Waals surface area contributed by atoms with Crippen LogP contribution in [-0.4, -0.2) is 85.9 Å². The Morgan fingerprint density at radius 1 is 0.879 bits per heavy atom. The molecule has 0 bridgehead atoms. The fourth-order valence-electron chi connectivity index (χ4n) is 9.64. The van der Waals surface area contributed by atoms with Crippen LogP contribution in [-0.2, 0) is 27.5 Å². The van der Waals surface area contributed by atoms with Crippen LogP contribution in [0.15, 0.2) is 127 Å². The Hall–Kier alpha value is -6.35. The molecule has 7 rings (SSSR count). The molecule has 3 N–H and O–H groups in total. The van der Waals surface area contributed by atoms with Gasteiger partial charge in [0.2, 0.25) is 5.79 Å². The molecule has 1 fully saturated rings. The molecule has 4 aromatic carbocycles. The molecule has 0 saturated heterocycles. The zero-order chi connectivity index (χ0) is 46.5. The van der Waals surface area contributed by atoms with E-state index in [1.54, 1.807) is 55.5 Å². The van der Waals surface area contributed by atoms with Crippen molar-refractivity contribution >= 4 is 23.6 Å². The second kappa shape index (κ2) is 22.7. The van der Waals surface area contributed by atoms with Crippen LogP contribution < -0.4 is 24.3 Å². The molecule has 0 radical (unpaired) electrons. The van der Waals surface area contributed by atoms with E-state index >= 15 is 0 Å². The number of allylic oxidation sites excluding steroid dienone is 1. The molecule has 1 aliphatic heterocycles. The number of oxime groups is 1. The largest absolute Gasteiger partial charge is 0.497 e. The lowest BCUT2D eigenvalue weighted by molar-refractivity contribution is -0.253. The van der Waals surface area contributed by atoms with Gasteiger partial charge in [-0.3, -0.25) is 5.32 Å². The van der Waals surface area contributed by atoms with Crippen LogP contribution in [0.25, 0.3) is 0 Å². The number of nitrogens with one attached hydrogen (secondary N) is 1. The van der Waals surface area contributed by atoms with Gasteiger partial charge >= 0.3 is 12.2 Å². The van der Waals surface area contributed by atoms with Gasteiger partial charge in [-0.05, 0) is 84.6 Å². The standard InChI is InChI=1S/C52H61N3O11/c1-5-28-63-52-47(55(2)51(59)62-33-35-16-8-6-9-17-35)32-44(54-64-34-36-18-10-7-11-19-36)41-29-37(20-12-14-26-56)40(21-13-15-27-57)48(49(41)52)42-30-39(23-25-45(42)66-52)65-50(58)53-43-24-22-38(60-3)31-46(43)61-4/h5-11,16-19,22-25,29-31,37,40,47-49,56-57H,1,12-15,20-21,26-28,32-34H2,2-4H3,(H,53,58). The van der Waals surface area contributed by atoms with Crippen LogP contribution in [0.4, 0.5) is 15.3 Å². The number of hydrogen-bond donors (Lipinski definition) is 3. The summed E-state index contributed by atoms with van der Waals surface area (Å²) in [5.74, 6) is -0.732. The highest BCUT2D eigenvalue weighted by molar-refractivity contribution is 6.03. The number of nitrogens with zero attached hydrogens (tertiary/aromatic N) is 2. The molecule has 2 amide bonds. The Bertz CT molecular complexity index is 2320. The van der Waals surface area contributed by atoms with Gasteiger partial charge in [-0.25, -0.2) is 9.59 Å². The molecular formula is C52H61N3O11. The number of methoxy groups -OCH3 is 2. The number of anilines is 1. The number of amides is 2. The molecule has 0 aromatic heterocycles. The van der Waals surface area contributed by atoms with Gasteiger partial charge in [0.05, 0.1) is 38.1 Å². The summed E-state index contributed by atoms with van der Waals surface area (Å²) < 4.78 is 37.0. The van der Waals surface area contributed by atoms with Crippen molar-refractivity contribution in [1.29, 1.82) is 0 Å². The number of aliphatic hydroxyl groups is 2. The number of unbranched alkanes of at least 4 members (excludes halogenated alkanes) is 2. The van der Waals surface area contributed by atoms with Crippen molar-refractivity contribution in [3.05, 3.63) is 138 Å². The van der Waals surface area contributed by atoms with Crippen LogP contribution in [0.3, 0.4) is 0 Å². The lowest BCUT2D eigenvalue weighted by Crippen LogP contribution is -2.69. The van der Waals surface area contributed by atoms with E-state index in [0.29, 0.717) is 41.5 Å². The predicted molar refractivity (Wildman–Crippen MR) is 250 cm³/mol. The van der Waals surface area contributed by atoms with Crippen LogP contribution in [0.2, 0.25) is 0 Å². The third kappa shape index (κ3) is 10.8. The fraction of sp³-hybridized carbons (Fsp3) is 0.404. The van der Waals surface area contributed by atoms with Crippen LogP contribution >= 0.6 is 0 Å². The normalized spacial score (nSPS) is 22.1. The van der Waals surface area contributed by atoms with Crippen molar-refractivity contribution in [1.82, 2.24) is 4.90 Å². The molecule has 2 aliphatic carbocycles. The summed E-state index contributed by atoms with van der Waals surface area (Å²) in [5.41, 5.74) is 4.47. The van der Waals surface area contributed by atoms with E-state index in [1.807, 2.05) is 66.7 Å². The second-order valence-electron chi connectivity index (χ2n) is 16.8. The summed E-state index contributed by atoms with van der Waals surface area (Å²) in [6.45, 7) is 4.49. The summed E-state index contributed by atoms with van der Waals surface area (Å²) in [7, 11) is 4.74. The molecule has 0 spiro atoms. The lowest BCUT2D eigenvalue weighted by Gasteiger charge is -2.59. The molecule has 1 heterocycles. The number of benzene rings is 4. The Morgan fingerprint density at radius 3 is 2.26 bits per heavy atom. The third-order valence-electron chi connectivity index (χ3n) is 12.7. The summed E-state index contributed by atoms with van der Waals surface area (Å²) in [6.07, 6.45) is 7.06. The maximum Gasteiger partial charge on any atom is 0.417 e. The van der Waals surface area contributed by atoms with Gasteiger partial charge in [0.25, 0.3) is 0 Å². The average molecular weight is 904 g/mol. The van der Waals surface area contributed by atoms with Crippen LogP contribution in [0.5, 0.6) is 23.0 Å². The quantitative estimate of drug-likeness (QED) is 0.0414. The van der Waals surface area contributed by atoms with Crippen molar-refractivity contribution in [3.8, 4) is 23.0 Å². The Balaban J connectivity index is 1.35.